The Labute approximate surface area is 252 Å². The number of benzene rings is 1. The average molecular weight is 695 g/mol. The predicted octanol–water partition coefficient (Wildman–Crippen LogP) is 5.57. The number of fused-ring (bicyclic) bond motifs is 1. The smallest absolute Gasteiger partial charge is 0.290 e. The molecule has 0 unspecified atom stereocenters. The minimum Gasteiger partial charge on any atom is -0.380 e. The van der Waals surface area contributed by atoms with Gasteiger partial charge in [-0.2, -0.15) is 13.9 Å². The molecule has 17 heteroatoms. The number of hydrogen-bond donors (Lipinski definition) is 1. The van der Waals surface area contributed by atoms with Crippen molar-refractivity contribution < 1.29 is 44.7 Å². The number of aromatic nitrogens is 4. The van der Waals surface area contributed by atoms with Crippen molar-refractivity contribution in [2.24, 2.45) is 5.41 Å². The van der Waals surface area contributed by atoms with E-state index in [9.17, 15) is 39.9 Å². The maximum absolute atomic E-state index is 14.8. The highest BCUT2D eigenvalue weighted by Gasteiger charge is 2.55. The van der Waals surface area contributed by atoms with Crippen molar-refractivity contribution in [3.05, 3.63) is 68.7 Å². The molecule has 0 saturated carbocycles. The molecule has 3 aliphatic rings. The van der Waals surface area contributed by atoms with Gasteiger partial charge in [-0.1, -0.05) is 0 Å². The molecule has 4 heterocycles. The van der Waals surface area contributed by atoms with Crippen LogP contribution >= 0.6 is 15.9 Å². The van der Waals surface area contributed by atoms with Crippen LogP contribution in [0.4, 0.5) is 41.1 Å². The molecule has 2 aromatic heterocycles. The lowest BCUT2D eigenvalue weighted by atomic mass is 9.78. The molecule has 6 rings (SSSR count). The normalized spacial score (nSPS) is 20.2. The molecule has 2 fully saturated rings. The van der Waals surface area contributed by atoms with Gasteiger partial charge in [-0.15, -0.1) is 0 Å². The molecule has 2 saturated heterocycles. The quantitative estimate of drug-likeness (QED) is 0.311. The van der Waals surface area contributed by atoms with Crippen LogP contribution < -0.4 is 10.2 Å². The Morgan fingerprint density at radius 2 is 1.68 bits per heavy atom. The monoisotopic (exact) mass is 694 g/mol. The third-order valence-corrected chi connectivity index (χ3v) is 8.49. The van der Waals surface area contributed by atoms with Crippen molar-refractivity contribution in [3.63, 3.8) is 0 Å². The lowest BCUT2D eigenvalue weighted by Gasteiger charge is -2.54. The van der Waals surface area contributed by atoms with Gasteiger partial charge in [-0.25, -0.2) is 36.3 Å². The number of nitrogens with one attached hydrogen (secondary N) is 1. The number of carbonyl (C=O) groups is 1. The van der Waals surface area contributed by atoms with E-state index < -0.39 is 78.2 Å². The lowest BCUT2D eigenvalue weighted by molar-refractivity contribution is -0.127. The fourth-order valence-corrected chi connectivity index (χ4v) is 6.31. The Bertz CT molecular complexity index is 1590. The summed E-state index contributed by atoms with van der Waals surface area (Å²) in [4.78, 5) is 24.0. The van der Waals surface area contributed by atoms with Crippen molar-refractivity contribution in [2.75, 3.05) is 31.2 Å². The maximum atomic E-state index is 14.8. The summed E-state index contributed by atoms with van der Waals surface area (Å²) in [5.74, 6) is -10.6. The van der Waals surface area contributed by atoms with Gasteiger partial charge in [-0.3, -0.25) is 9.48 Å². The lowest BCUT2D eigenvalue weighted by Crippen LogP contribution is -2.66. The molecule has 1 atom stereocenters. The maximum Gasteiger partial charge on any atom is 0.290 e. The molecule has 0 bridgehead atoms. The number of halogens is 9. The van der Waals surface area contributed by atoms with Crippen LogP contribution in [-0.4, -0.2) is 52.0 Å². The first-order valence-corrected chi connectivity index (χ1v) is 14.2. The van der Waals surface area contributed by atoms with E-state index in [1.54, 1.807) is 0 Å². The van der Waals surface area contributed by atoms with E-state index in [0.29, 0.717) is 32.4 Å². The Hall–Kier alpha value is -3.34. The molecule has 2 aliphatic heterocycles. The number of hydrogen-bond acceptors (Lipinski definition) is 6. The molecule has 3 aromatic rings. The zero-order chi connectivity index (χ0) is 31.6. The fourth-order valence-electron chi connectivity index (χ4n) is 5.84. The first kappa shape index (κ1) is 30.7. The van der Waals surface area contributed by atoms with Crippen molar-refractivity contribution in [1.29, 1.82) is 0 Å². The molecule has 1 aliphatic carbocycles. The number of alkyl halides is 6. The molecule has 236 valence electrons. The second-order valence-electron chi connectivity index (χ2n) is 11.3. The number of ether oxygens (including phenoxy) is 1. The summed E-state index contributed by atoms with van der Waals surface area (Å²) in [5, 5.41) is 5.83. The number of nitrogens with zero attached hydrogens (tertiary/aromatic N) is 5. The average Bonchev–Trinajstić information content (AvgIpc) is 3.27. The summed E-state index contributed by atoms with van der Waals surface area (Å²) < 4.78 is 120. The molecule has 1 amide bonds. The molecule has 44 heavy (non-hydrogen) atoms. The zero-order valence-electron chi connectivity index (χ0n) is 22.6. The van der Waals surface area contributed by atoms with Gasteiger partial charge in [0.2, 0.25) is 11.9 Å². The molecule has 1 spiro atoms. The largest absolute Gasteiger partial charge is 0.380 e. The minimum atomic E-state index is -4.01. The highest BCUT2D eigenvalue weighted by atomic mass is 79.9. The topological polar surface area (TPSA) is 85.2 Å². The van der Waals surface area contributed by atoms with E-state index in [1.807, 2.05) is 4.90 Å². The molecule has 8 nitrogen and oxygen atoms in total. The zero-order valence-corrected chi connectivity index (χ0v) is 24.2. The van der Waals surface area contributed by atoms with E-state index >= 15 is 0 Å². The van der Waals surface area contributed by atoms with Gasteiger partial charge >= 0.3 is 0 Å². The van der Waals surface area contributed by atoms with Crippen LogP contribution in [0.3, 0.4) is 0 Å². The van der Waals surface area contributed by atoms with E-state index in [4.69, 9.17) is 4.74 Å². The Morgan fingerprint density at radius 3 is 2.30 bits per heavy atom. The highest BCUT2D eigenvalue weighted by Crippen LogP contribution is 2.52. The van der Waals surface area contributed by atoms with Gasteiger partial charge in [0.15, 0.2) is 0 Å². The van der Waals surface area contributed by atoms with Gasteiger partial charge in [0, 0.05) is 38.2 Å². The van der Waals surface area contributed by atoms with Crippen molar-refractivity contribution >= 4 is 27.8 Å². The highest BCUT2D eigenvalue weighted by molar-refractivity contribution is 9.10. The van der Waals surface area contributed by atoms with E-state index in [1.165, 1.54) is 6.20 Å². The summed E-state index contributed by atoms with van der Waals surface area (Å²) in [6.07, 6.45) is -5.15. The van der Waals surface area contributed by atoms with Gasteiger partial charge in [0.25, 0.3) is 18.3 Å². The first-order valence-electron chi connectivity index (χ1n) is 13.4. The third kappa shape index (κ3) is 5.63. The molecule has 0 radical (unpaired) electrons. The van der Waals surface area contributed by atoms with E-state index in [2.05, 4.69) is 36.3 Å². The van der Waals surface area contributed by atoms with Gasteiger partial charge in [0.1, 0.15) is 29.6 Å². The predicted molar refractivity (Wildman–Crippen MR) is 140 cm³/mol. The van der Waals surface area contributed by atoms with Gasteiger partial charge in [-0.05, 0) is 40.0 Å². The van der Waals surface area contributed by atoms with Crippen LogP contribution in [0.2, 0.25) is 0 Å². The Balaban J connectivity index is 1.32. The van der Waals surface area contributed by atoms with Crippen LogP contribution in [0.25, 0.3) is 0 Å². The van der Waals surface area contributed by atoms with Crippen LogP contribution in [-0.2, 0) is 34.3 Å². The van der Waals surface area contributed by atoms with E-state index in [-0.39, 0.29) is 38.2 Å². The van der Waals surface area contributed by atoms with Crippen LogP contribution in [0, 0.1) is 17.0 Å². The van der Waals surface area contributed by atoms with Crippen molar-refractivity contribution in [3.8, 4) is 0 Å². The SMILES string of the molecule is O=C(Cn1nc(C(F)F)c2c1C(F)(F)CCC2(F)F)N[C@@H](Cc1cc(F)cc(F)c1)c1nc(N2CC3(COC3)C2)ncc1Br. The van der Waals surface area contributed by atoms with Gasteiger partial charge in [0.05, 0.1) is 40.4 Å². The molecule has 1 N–H and O–H groups in total. The van der Waals surface area contributed by atoms with Crippen LogP contribution in [0.15, 0.2) is 28.9 Å². The molecule has 1 aromatic carbocycles. The summed E-state index contributed by atoms with van der Waals surface area (Å²) in [6, 6.07) is 1.53. The van der Waals surface area contributed by atoms with Crippen LogP contribution in [0.5, 0.6) is 0 Å². The first-order chi connectivity index (χ1) is 20.7. The van der Waals surface area contributed by atoms with Crippen LogP contribution in [0.1, 0.15) is 53.5 Å². The van der Waals surface area contributed by atoms with E-state index in [0.717, 1.165) is 12.1 Å². The third-order valence-electron chi connectivity index (χ3n) is 7.88. The molecular weight excluding hydrogens is 672 g/mol. The van der Waals surface area contributed by atoms with Gasteiger partial charge < -0.3 is 15.0 Å². The fraction of sp³-hybridized carbons (Fsp3) is 0.481. The Morgan fingerprint density at radius 1 is 1.02 bits per heavy atom. The standard InChI is InChI=1S/C27H23BrF8N6O2/c28-16-7-37-24(41-9-25(10-41)11-44-12-25)39-20(16)17(5-13-3-14(29)6-15(30)4-13)38-18(43)8-42-22-19(21(40-42)23(31)32)26(33,34)1-2-27(22,35)36/h3-4,6-7,17,23H,1-2,5,8-12H2,(H,38,43)/t17-/m0/s1. The summed E-state index contributed by atoms with van der Waals surface area (Å²) in [5.41, 5.74) is -4.32. The second kappa shape index (κ2) is 10.9. The van der Waals surface area contributed by atoms with Crippen molar-refractivity contribution in [2.45, 2.75) is 50.1 Å². The van der Waals surface area contributed by atoms with Crippen molar-refractivity contribution in [1.82, 2.24) is 25.1 Å². The molecular formula is C27H23BrF8N6O2. The number of anilines is 1. The summed E-state index contributed by atoms with van der Waals surface area (Å²) in [6.45, 7) is 1.27. The number of carbonyl (C=O) groups excluding carboxylic acids is 1. The Kier molecular flexibility index (Phi) is 7.62. The number of rotatable bonds is 8. The second-order valence-corrected chi connectivity index (χ2v) is 12.2. The summed E-state index contributed by atoms with van der Waals surface area (Å²) in [7, 11) is 0. The number of amides is 1. The minimum absolute atomic E-state index is 0.00214. The summed E-state index contributed by atoms with van der Waals surface area (Å²) >= 11 is 3.32.